The van der Waals surface area contributed by atoms with Crippen molar-refractivity contribution >= 4 is 11.3 Å². The minimum absolute atomic E-state index is 0.414. The molecule has 0 aliphatic carbocycles. The van der Waals surface area contributed by atoms with Gasteiger partial charge < -0.3 is 5.11 Å². The highest BCUT2D eigenvalue weighted by atomic mass is 32.1. The Kier molecular flexibility index (Phi) is 4.42. The molecule has 104 valence electrons. The minimum Gasteiger partial charge on any atom is -0.387 e. The first kappa shape index (κ1) is 14.3. The van der Waals surface area contributed by atoms with Gasteiger partial charge in [-0.25, -0.2) is 0 Å². The molecule has 4 heteroatoms. The van der Waals surface area contributed by atoms with E-state index in [1.807, 2.05) is 16.9 Å². The lowest BCUT2D eigenvalue weighted by Crippen LogP contribution is -2.06. The predicted octanol–water partition coefficient (Wildman–Crippen LogP) is 3.81. The van der Waals surface area contributed by atoms with Crippen molar-refractivity contribution in [3.05, 3.63) is 39.3 Å². The van der Waals surface area contributed by atoms with Crippen LogP contribution in [0.1, 0.15) is 53.4 Å². The van der Waals surface area contributed by atoms with Gasteiger partial charge >= 0.3 is 0 Å². The number of aryl methyl sites for hydroxylation is 2. The van der Waals surface area contributed by atoms with Gasteiger partial charge in [0, 0.05) is 28.4 Å². The number of aliphatic hydroxyl groups excluding tert-OH is 1. The van der Waals surface area contributed by atoms with Crippen LogP contribution >= 0.6 is 11.3 Å². The molecule has 2 unspecified atom stereocenters. The molecule has 0 aliphatic rings. The molecule has 0 amide bonds. The van der Waals surface area contributed by atoms with Crippen LogP contribution in [-0.2, 0) is 6.42 Å². The summed E-state index contributed by atoms with van der Waals surface area (Å²) in [6, 6.07) is 4.50. The van der Waals surface area contributed by atoms with E-state index in [1.165, 1.54) is 10.4 Å². The fourth-order valence-electron chi connectivity index (χ4n) is 1.98. The highest BCUT2D eigenvalue weighted by molar-refractivity contribution is 7.12. The third kappa shape index (κ3) is 3.25. The lowest BCUT2D eigenvalue weighted by atomic mass is 10.1. The topological polar surface area (TPSA) is 38.0 Å². The largest absolute Gasteiger partial charge is 0.387 e. The van der Waals surface area contributed by atoms with Gasteiger partial charge in [0.15, 0.2) is 0 Å². The van der Waals surface area contributed by atoms with Crippen molar-refractivity contribution in [3.63, 3.8) is 0 Å². The lowest BCUT2D eigenvalue weighted by Gasteiger charge is -2.09. The Hall–Kier alpha value is -1.13. The van der Waals surface area contributed by atoms with Crippen LogP contribution < -0.4 is 0 Å². The summed E-state index contributed by atoms with van der Waals surface area (Å²) in [6.07, 6.45) is 3.20. The second kappa shape index (κ2) is 5.88. The third-order valence-corrected chi connectivity index (χ3v) is 4.88. The van der Waals surface area contributed by atoms with Crippen molar-refractivity contribution in [1.29, 1.82) is 0 Å². The van der Waals surface area contributed by atoms with E-state index in [2.05, 4.69) is 38.9 Å². The molecule has 0 saturated carbocycles. The third-order valence-electron chi connectivity index (χ3n) is 3.62. The van der Waals surface area contributed by atoms with Crippen LogP contribution in [0.3, 0.4) is 0 Å². The molecule has 2 rings (SSSR count). The first-order valence-electron chi connectivity index (χ1n) is 6.80. The normalized spacial score (nSPS) is 14.6. The smallest absolute Gasteiger partial charge is 0.0938 e. The SMILES string of the molecule is CCC(C)n1ccc(CC(O)c2cc(C)c(C)s2)n1. The maximum Gasteiger partial charge on any atom is 0.0938 e. The van der Waals surface area contributed by atoms with E-state index in [-0.39, 0.29) is 0 Å². The zero-order valence-electron chi connectivity index (χ0n) is 12.1. The monoisotopic (exact) mass is 278 g/mol. The molecule has 2 heterocycles. The van der Waals surface area contributed by atoms with E-state index in [1.54, 1.807) is 11.3 Å². The molecule has 1 N–H and O–H groups in total. The van der Waals surface area contributed by atoms with E-state index in [0.717, 1.165) is 17.0 Å². The van der Waals surface area contributed by atoms with Gasteiger partial charge in [0.1, 0.15) is 0 Å². The zero-order chi connectivity index (χ0) is 14.0. The van der Waals surface area contributed by atoms with Gasteiger partial charge in [0.25, 0.3) is 0 Å². The summed E-state index contributed by atoms with van der Waals surface area (Å²) in [4.78, 5) is 2.31. The Morgan fingerprint density at radius 2 is 2.16 bits per heavy atom. The molecular formula is C15H22N2OS. The van der Waals surface area contributed by atoms with E-state index >= 15 is 0 Å². The van der Waals surface area contributed by atoms with Gasteiger partial charge in [-0.15, -0.1) is 11.3 Å². The summed E-state index contributed by atoms with van der Waals surface area (Å²) >= 11 is 1.67. The summed E-state index contributed by atoms with van der Waals surface area (Å²) in [5, 5.41) is 14.8. The molecule has 0 saturated heterocycles. The average Bonchev–Trinajstić information content (AvgIpc) is 2.97. The van der Waals surface area contributed by atoms with Crippen LogP contribution in [0.15, 0.2) is 18.3 Å². The molecule has 0 spiro atoms. The summed E-state index contributed by atoms with van der Waals surface area (Å²) in [5.74, 6) is 0. The lowest BCUT2D eigenvalue weighted by molar-refractivity contribution is 0.180. The molecule has 2 aromatic heterocycles. The molecular weight excluding hydrogens is 256 g/mol. The van der Waals surface area contributed by atoms with Gasteiger partial charge in [-0.05, 0) is 44.9 Å². The van der Waals surface area contributed by atoms with E-state index in [0.29, 0.717) is 12.5 Å². The number of rotatable bonds is 5. The fourth-order valence-corrected chi connectivity index (χ4v) is 3.01. The number of hydrogen-bond donors (Lipinski definition) is 1. The number of aromatic nitrogens is 2. The van der Waals surface area contributed by atoms with Crippen molar-refractivity contribution in [2.45, 2.75) is 52.7 Å². The van der Waals surface area contributed by atoms with Crippen LogP contribution in [0, 0.1) is 13.8 Å². The van der Waals surface area contributed by atoms with Crippen molar-refractivity contribution < 1.29 is 5.11 Å². The van der Waals surface area contributed by atoms with E-state index in [4.69, 9.17) is 0 Å². The molecule has 0 bridgehead atoms. The second-order valence-electron chi connectivity index (χ2n) is 5.15. The molecule has 0 radical (unpaired) electrons. The van der Waals surface area contributed by atoms with Gasteiger partial charge in [-0.2, -0.15) is 5.10 Å². The first-order valence-corrected chi connectivity index (χ1v) is 7.62. The summed E-state index contributed by atoms with van der Waals surface area (Å²) < 4.78 is 1.98. The summed E-state index contributed by atoms with van der Waals surface area (Å²) in [7, 11) is 0. The van der Waals surface area contributed by atoms with Crippen LogP contribution in [0.25, 0.3) is 0 Å². The van der Waals surface area contributed by atoms with Crippen LogP contribution in [-0.4, -0.2) is 14.9 Å². The second-order valence-corrected chi connectivity index (χ2v) is 6.44. The zero-order valence-corrected chi connectivity index (χ0v) is 12.9. The van der Waals surface area contributed by atoms with Gasteiger partial charge in [0.05, 0.1) is 11.8 Å². The summed E-state index contributed by atoms with van der Waals surface area (Å²) in [6.45, 7) is 8.48. The molecule has 3 nitrogen and oxygen atoms in total. The Morgan fingerprint density at radius 1 is 1.42 bits per heavy atom. The van der Waals surface area contributed by atoms with E-state index < -0.39 is 6.10 Å². The number of nitrogens with zero attached hydrogens (tertiary/aromatic N) is 2. The Labute approximate surface area is 118 Å². The standard InChI is InChI=1S/C15H22N2OS/c1-5-11(3)17-7-6-13(16-17)9-14(18)15-8-10(2)12(4)19-15/h6-8,11,14,18H,5,9H2,1-4H3. The molecule has 2 atom stereocenters. The van der Waals surface area contributed by atoms with Crippen LogP contribution in [0.2, 0.25) is 0 Å². The van der Waals surface area contributed by atoms with Crippen molar-refractivity contribution in [2.75, 3.05) is 0 Å². The molecule has 0 aromatic carbocycles. The van der Waals surface area contributed by atoms with E-state index in [9.17, 15) is 5.11 Å². The van der Waals surface area contributed by atoms with Crippen LogP contribution in [0.4, 0.5) is 0 Å². The Balaban J connectivity index is 2.06. The van der Waals surface area contributed by atoms with Crippen molar-refractivity contribution in [2.24, 2.45) is 0 Å². The van der Waals surface area contributed by atoms with Crippen molar-refractivity contribution in [3.8, 4) is 0 Å². The molecule has 2 aromatic rings. The summed E-state index contributed by atoms with van der Waals surface area (Å²) in [5.41, 5.74) is 2.21. The number of hydrogen-bond acceptors (Lipinski definition) is 3. The van der Waals surface area contributed by atoms with Gasteiger partial charge in [-0.1, -0.05) is 6.92 Å². The minimum atomic E-state index is -0.447. The average molecular weight is 278 g/mol. The highest BCUT2D eigenvalue weighted by Crippen LogP contribution is 2.28. The van der Waals surface area contributed by atoms with Gasteiger partial charge in [0.2, 0.25) is 0 Å². The number of thiophene rings is 1. The molecule has 0 fully saturated rings. The van der Waals surface area contributed by atoms with Crippen LogP contribution in [0.5, 0.6) is 0 Å². The Bertz CT molecular complexity index is 525. The highest BCUT2D eigenvalue weighted by Gasteiger charge is 2.14. The van der Waals surface area contributed by atoms with Gasteiger partial charge in [-0.3, -0.25) is 4.68 Å². The Morgan fingerprint density at radius 3 is 2.74 bits per heavy atom. The quantitative estimate of drug-likeness (QED) is 0.903. The fraction of sp³-hybridized carbons (Fsp3) is 0.533. The first-order chi connectivity index (χ1) is 9.01. The van der Waals surface area contributed by atoms with Crippen molar-refractivity contribution in [1.82, 2.24) is 9.78 Å². The predicted molar refractivity (Wildman–Crippen MR) is 79.7 cm³/mol. The molecule has 19 heavy (non-hydrogen) atoms. The molecule has 0 aliphatic heterocycles. The maximum absolute atomic E-state index is 10.3. The maximum atomic E-state index is 10.3. The number of aliphatic hydroxyl groups is 1.